The summed E-state index contributed by atoms with van der Waals surface area (Å²) in [6.45, 7) is 1.73. The minimum atomic E-state index is -3.79. The number of aryl methyl sites for hydroxylation is 1. The molecule has 40 heavy (non-hydrogen) atoms. The third kappa shape index (κ3) is 8.17. The summed E-state index contributed by atoms with van der Waals surface area (Å²) in [6.07, 6.45) is 5.37. The van der Waals surface area contributed by atoms with Gasteiger partial charge in [-0.2, -0.15) is 0 Å². The molecular weight excluding hydrogens is 590 g/mol. The van der Waals surface area contributed by atoms with E-state index < -0.39 is 28.5 Å². The van der Waals surface area contributed by atoms with E-state index in [1.54, 1.807) is 29.2 Å². The third-order valence-corrected chi connectivity index (χ3v) is 8.87. The molecular formula is C31H36BrN3O4S. The van der Waals surface area contributed by atoms with Crippen LogP contribution in [0.15, 0.2) is 83.3 Å². The van der Waals surface area contributed by atoms with Crippen LogP contribution in [-0.2, 0) is 32.6 Å². The number of anilines is 1. The molecule has 212 valence electrons. The van der Waals surface area contributed by atoms with Crippen LogP contribution >= 0.6 is 15.9 Å². The van der Waals surface area contributed by atoms with Crippen LogP contribution in [0.4, 0.5) is 5.69 Å². The van der Waals surface area contributed by atoms with Gasteiger partial charge in [-0.1, -0.05) is 88.9 Å². The van der Waals surface area contributed by atoms with Gasteiger partial charge in [0.2, 0.25) is 21.8 Å². The van der Waals surface area contributed by atoms with Gasteiger partial charge in [0.15, 0.2) is 0 Å². The number of nitrogens with zero attached hydrogens (tertiary/aromatic N) is 2. The molecule has 4 rings (SSSR count). The summed E-state index contributed by atoms with van der Waals surface area (Å²) in [4.78, 5) is 29.5. The Labute approximate surface area is 245 Å². The predicted octanol–water partition coefficient (Wildman–Crippen LogP) is 5.22. The molecule has 0 unspecified atom stereocenters. The summed E-state index contributed by atoms with van der Waals surface area (Å²) in [7, 11) is -3.79. The second-order valence-corrected chi connectivity index (χ2v) is 13.3. The van der Waals surface area contributed by atoms with Gasteiger partial charge in [-0.25, -0.2) is 8.42 Å². The molecule has 3 aromatic rings. The fraction of sp³-hybridized carbons (Fsp3) is 0.355. The van der Waals surface area contributed by atoms with Gasteiger partial charge in [0, 0.05) is 23.5 Å². The van der Waals surface area contributed by atoms with Crippen LogP contribution in [-0.4, -0.2) is 50.0 Å². The van der Waals surface area contributed by atoms with E-state index >= 15 is 0 Å². The van der Waals surface area contributed by atoms with E-state index in [-0.39, 0.29) is 18.5 Å². The number of benzene rings is 3. The number of sulfonamides is 1. The Morgan fingerprint density at radius 1 is 0.950 bits per heavy atom. The third-order valence-electron chi connectivity index (χ3n) is 7.20. The van der Waals surface area contributed by atoms with E-state index in [0.717, 1.165) is 57.4 Å². The van der Waals surface area contributed by atoms with E-state index in [1.807, 2.05) is 61.5 Å². The first kappa shape index (κ1) is 29.8. The van der Waals surface area contributed by atoms with E-state index in [9.17, 15) is 18.0 Å². The lowest BCUT2D eigenvalue weighted by Gasteiger charge is -2.34. The van der Waals surface area contributed by atoms with Gasteiger partial charge in [-0.15, -0.1) is 0 Å². The van der Waals surface area contributed by atoms with Crippen molar-refractivity contribution in [1.82, 2.24) is 10.2 Å². The Hall–Kier alpha value is -3.17. The first-order chi connectivity index (χ1) is 19.1. The van der Waals surface area contributed by atoms with Crippen LogP contribution in [0.3, 0.4) is 0 Å². The molecule has 3 aromatic carbocycles. The normalized spacial score (nSPS) is 14.5. The second-order valence-electron chi connectivity index (χ2n) is 10.5. The number of hydrogen-bond acceptors (Lipinski definition) is 4. The maximum Gasteiger partial charge on any atom is 0.244 e. The molecule has 1 aliphatic carbocycles. The van der Waals surface area contributed by atoms with Gasteiger partial charge >= 0.3 is 0 Å². The first-order valence-electron chi connectivity index (χ1n) is 13.5. The Kier molecular flexibility index (Phi) is 10.0. The van der Waals surface area contributed by atoms with Gasteiger partial charge in [-0.05, 0) is 55.2 Å². The zero-order valence-corrected chi connectivity index (χ0v) is 25.3. The zero-order chi connectivity index (χ0) is 28.7. The van der Waals surface area contributed by atoms with Crippen molar-refractivity contribution in [3.63, 3.8) is 0 Å². The second kappa shape index (κ2) is 13.5. The Balaban J connectivity index is 1.72. The van der Waals surface area contributed by atoms with E-state index in [1.165, 1.54) is 0 Å². The monoisotopic (exact) mass is 625 g/mol. The number of nitrogens with one attached hydrogen (secondary N) is 1. The highest BCUT2D eigenvalue weighted by atomic mass is 79.9. The highest BCUT2D eigenvalue weighted by Crippen LogP contribution is 2.23. The zero-order valence-electron chi connectivity index (χ0n) is 22.9. The van der Waals surface area contributed by atoms with Crippen molar-refractivity contribution in [2.45, 2.75) is 57.7 Å². The maximum absolute atomic E-state index is 14.1. The van der Waals surface area contributed by atoms with Crippen molar-refractivity contribution in [1.29, 1.82) is 0 Å². The molecule has 0 spiro atoms. The van der Waals surface area contributed by atoms with Crippen LogP contribution in [0.1, 0.15) is 42.4 Å². The topological polar surface area (TPSA) is 86.8 Å². The summed E-state index contributed by atoms with van der Waals surface area (Å²) >= 11 is 3.38. The van der Waals surface area contributed by atoms with Gasteiger partial charge in [0.05, 0.1) is 11.9 Å². The van der Waals surface area contributed by atoms with Crippen molar-refractivity contribution in [3.05, 3.63) is 100 Å². The van der Waals surface area contributed by atoms with Crippen molar-refractivity contribution >= 4 is 43.5 Å². The van der Waals surface area contributed by atoms with E-state index in [4.69, 9.17) is 0 Å². The van der Waals surface area contributed by atoms with Crippen LogP contribution in [0.2, 0.25) is 0 Å². The van der Waals surface area contributed by atoms with E-state index in [0.29, 0.717) is 12.1 Å². The summed E-state index contributed by atoms with van der Waals surface area (Å²) < 4.78 is 27.6. The SMILES string of the molecule is Cc1cccc(CN(C(=O)CN(c2ccc(Br)cc2)S(C)(=O)=O)[C@H](Cc2ccccc2)C(=O)NC2CCCC2)c1. The van der Waals surface area contributed by atoms with Crippen LogP contribution in [0, 0.1) is 6.92 Å². The number of rotatable bonds is 11. The Bertz CT molecular complexity index is 1410. The molecule has 1 fully saturated rings. The van der Waals surface area contributed by atoms with Crippen molar-refractivity contribution in [2.24, 2.45) is 0 Å². The predicted molar refractivity (Wildman–Crippen MR) is 162 cm³/mol. The molecule has 1 aliphatic rings. The van der Waals surface area contributed by atoms with E-state index in [2.05, 4.69) is 21.2 Å². The molecule has 0 bridgehead atoms. The highest BCUT2D eigenvalue weighted by Gasteiger charge is 2.34. The number of halogens is 1. The average molecular weight is 627 g/mol. The Morgan fingerprint density at radius 2 is 1.60 bits per heavy atom. The average Bonchev–Trinajstić information content (AvgIpc) is 3.43. The molecule has 2 amide bonds. The lowest BCUT2D eigenvalue weighted by Crippen LogP contribution is -2.54. The number of carbonyl (C=O) groups excluding carboxylic acids is 2. The van der Waals surface area contributed by atoms with Crippen LogP contribution in [0.5, 0.6) is 0 Å². The highest BCUT2D eigenvalue weighted by molar-refractivity contribution is 9.10. The van der Waals surface area contributed by atoms with Gasteiger partial charge in [-0.3, -0.25) is 13.9 Å². The molecule has 0 aromatic heterocycles. The molecule has 1 atom stereocenters. The lowest BCUT2D eigenvalue weighted by atomic mass is 10.0. The standard InChI is InChI=1S/C31H36BrN3O4S/c1-23-9-8-12-25(19-23)21-34(30(36)22-35(40(2,38)39)28-17-15-26(32)16-18-28)29(20-24-10-4-3-5-11-24)31(37)33-27-13-6-7-14-27/h3-5,8-12,15-19,27,29H,6-7,13-14,20-22H2,1-2H3,(H,33,37)/t29-/m1/s1. The first-order valence-corrected chi connectivity index (χ1v) is 16.2. The summed E-state index contributed by atoms with van der Waals surface area (Å²) in [5.41, 5.74) is 3.20. The number of carbonyl (C=O) groups is 2. The molecule has 0 heterocycles. The molecule has 0 saturated heterocycles. The quantitative estimate of drug-likeness (QED) is 0.316. The number of hydrogen-bond donors (Lipinski definition) is 1. The smallest absolute Gasteiger partial charge is 0.244 e. The minimum absolute atomic E-state index is 0.0805. The molecule has 1 N–H and O–H groups in total. The van der Waals surface area contributed by atoms with Crippen molar-refractivity contribution in [2.75, 3.05) is 17.1 Å². The molecule has 9 heteroatoms. The minimum Gasteiger partial charge on any atom is -0.352 e. The Morgan fingerprint density at radius 3 is 2.23 bits per heavy atom. The summed E-state index contributed by atoms with van der Waals surface area (Å²) in [5, 5.41) is 3.18. The fourth-order valence-electron chi connectivity index (χ4n) is 5.15. The van der Waals surface area contributed by atoms with Gasteiger partial charge < -0.3 is 10.2 Å². The van der Waals surface area contributed by atoms with Crippen molar-refractivity contribution < 1.29 is 18.0 Å². The van der Waals surface area contributed by atoms with Gasteiger partial charge in [0.25, 0.3) is 0 Å². The number of amides is 2. The van der Waals surface area contributed by atoms with Gasteiger partial charge in [0.1, 0.15) is 12.6 Å². The van der Waals surface area contributed by atoms with Crippen LogP contribution < -0.4 is 9.62 Å². The molecule has 0 radical (unpaired) electrons. The molecule has 7 nitrogen and oxygen atoms in total. The van der Waals surface area contributed by atoms with Crippen molar-refractivity contribution in [3.8, 4) is 0 Å². The molecule has 1 saturated carbocycles. The summed E-state index contributed by atoms with van der Waals surface area (Å²) in [5.74, 6) is -0.663. The maximum atomic E-state index is 14.1. The summed E-state index contributed by atoms with van der Waals surface area (Å²) in [6, 6.07) is 23.4. The molecule has 0 aliphatic heterocycles. The van der Waals surface area contributed by atoms with Crippen LogP contribution in [0.25, 0.3) is 0 Å². The largest absolute Gasteiger partial charge is 0.352 e. The fourth-order valence-corrected chi connectivity index (χ4v) is 6.26. The lowest BCUT2D eigenvalue weighted by molar-refractivity contribution is -0.140.